The van der Waals surface area contributed by atoms with Gasteiger partial charge < -0.3 is 5.32 Å². The Morgan fingerprint density at radius 1 is 0.947 bits per heavy atom. The Kier molecular flexibility index (Phi) is 3.79. The van der Waals surface area contributed by atoms with Crippen molar-refractivity contribution in [2.24, 2.45) is 0 Å². The predicted molar refractivity (Wildman–Crippen MR) is 69.5 cm³/mol. The average molecular weight is 265 g/mol. The lowest BCUT2D eigenvalue weighted by atomic mass is 10.1. The summed E-state index contributed by atoms with van der Waals surface area (Å²) < 4.78 is 39.2. The molecular formula is C15H14F3N. The van der Waals surface area contributed by atoms with E-state index in [2.05, 4.69) is 5.32 Å². The van der Waals surface area contributed by atoms with Gasteiger partial charge in [-0.15, -0.1) is 0 Å². The monoisotopic (exact) mass is 265 g/mol. The first kappa shape index (κ1) is 13.5. The van der Waals surface area contributed by atoms with Gasteiger partial charge in [0, 0.05) is 11.7 Å². The standard InChI is InChI=1S/C15H14F3N/c1-9-3-5-12(16)8-15(9)19-10(2)11-4-6-13(17)14(18)7-11/h3-8,10,19H,1-2H3. The Balaban J connectivity index is 2.22. The number of benzene rings is 2. The van der Waals surface area contributed by atoms with Gasteiger partial charge in [-0.25, -0.2) is 13.2 Å². The highest BCUT2D eigenvalue weighted by molar-refractivity contribution is 5.52. The van der Waals surface area contributed by atoms with Crippen LogP contribution in [-0.4, -0.2) is 0 Å². The number of anilines is 1. The van der Waals surface area contributed by atoms with Gasteiger partial charge >= 0.3 is 0 Å². The third-order valence-corrected chi connectivity index (χ3v) is 3.02. The van der Waals surface area contributed by atoms with Crippen LogP contribution in [0.5, 0.6) is 0 Å². The van der Waals surface area contributed by atoms with Crippen molar-refractivity contribution in [2.75, 3.05) is 5.32 Å². The zero-order valence-corrected chi connectivity index (χ0v) is 10.7. The van der Waals surface area contributed by atoms with E-state index in [0.29, 0.717) is 11.3 Å². The van der Waals surface area contributed by atoms with E-state index in [1.807, 2.05) is 6.92 Å². The van der Waals surface area contributed by atoms with Crippen LogP contribution in [0.1, 0.15) is 24.1 Å². The summed E-state index contributed by atoms with van der Waals surface area (Å²) in [5, 5.41) is 3.08. The van der Waals surface area contributed by atoms with Crippen molar-refractivity contribution in [1.29, 1.82) is 0 Å². The fourth-order valence-corrected chi connectivity index (χ4v) is 1.85. The van der Waals surface area contributed by atoms with E-state index in [0.717, 1.165) is 17.7 Å². The normalized spacial score (nSPS) is 12.3. The smallest absolute Gasteiger partial charge is 0.159 e. The molecule has 0 bridgehead atoms. The summed E-state index contributed by atoms with van der Waals surface area (Å²) in [4.78, 5) is 0. The van der Waals surface area contributed by atoms with Crippen LogP contribution >= 0.6 is 0 Å². The summed E-state index contributed by atoms with van der Waals surface area (Å²) in [7, 11) is 0. The molecule has 0 saturated carbocycles. The molecule has 100 valence electrons. The molecule has 0 fully saturated rings. The number of hydrogen-bond acceptors (Lipinski definition) is 1. The molecule has 0 heterocycles. The molecule has 2 rings (SSSR count). The minimum Gasteiger partial charge on any atom is -0.378 e. The van der Waals surface area contributed by atoms with Crippen molar-refractivity contribution in [1.82, 2.24) is 0 Å². The van der Waals surface area contributed by atoms with E-state index in [9.17, 15) is 13.2 Å². The van der Waals surface area contributed by atoms with Gasteiger partial charge in [0.25, 0.3) is 0 Å². The first-order valence-corrected chi connectivity index (χ1v) is 5.95. The second-order valence-electron chi connectivity index (χ2n) is 4.50. The lowest BCUT2D eigenvalue weighted by Crippen LogP contribution is -2.08. The molecule has 1 N–H and O–H groups in total. The number of halogens is 3. The van der Waals surface area contributed by atoms with Crippen molar-refractivity contribution < 1.29 is 13.2 Å². The first-order chi connectivity index (χ1) is 8.97. The molecule has 4 heteroatoms. The third kappa shape index (κ3) is 3.08. The van der Waals surface area contributed by atoms with Crippen LogP contribution in [0.25, 0.3) is 0 Å². The summed E-state index contributed by atoms with van der Waals surface area (Å²) in [6, 6.07) is 7.90. The Morgan fingerprint density at radius 2 is 1.68 bits per heavy atom. The fourth-order valence-electron chi connectivity index (χ4n) is 1.85. The Labute approximate surface area is 110 Å². The molecule has 19 heavy (non-hydrogen) atoms. The predicted octanol–water partition coefficient (Wildman–Crippen LogP) is 4.59. The van der Waals surface area contributed by atoms with Crippen LogP contribution in [0.15, 0.2) is 36.4 Å². The van der Waals surface area contributed by atoms with Crippen LogP contribution in [0.3, 0.4) is 0 Å². The topological polar surface area (TPSA) is 12.0 Å². The summed E-state index contributed by atoms with van der Waals surface area (Å²) in [5.41, 5.74) is 2.12. The maximum Gasteiger partial charge on any atom is 0.159 e. The fraction of sp³-hybridized carbons (Fsp3) is 0.200. The van der Waals surface area contributed by atoms with E-state index in [-0.39, 0.29) is 11.9 Å². The van der Waals surface area contributed by atoms with Gasteiger partial charge in [0.2, 0.25) is 0 Å². The molecule has 1 atom stereocenters. The minimum atomic E-state index is -0.887. The number of hydrogen-bond donors (Lipinski definition) is 1. The zero-order valence-electron chi connectivity index (χ0n) is 10.7. The molecule has 2 aromatic rings. The van der Waals surface area contributed by atoms with E-state index in [1.165, 1.54) is 18.2 Å². The molecule has 2 aromatic carbocycles. The molecule has 0 amide bonds. The van der Waals surface area contributed by atoms with Crippen molar-refractivity contribution in [2.45, 2.75) is 19.9 Å². The van der Waals surface area contributed by atoms with Gasteiger partial charge in [-0.1, -0.05) is 12.1 Å². The average Bonchev–Trinajstić information content (AvgIpc) is 2.37. The van der Waals surface area contributed by atoms with Gasteiger partial charge in [0.1, 0.15) is 5.82 Å². The van der Waals surface area contributed by atoms with Crippen LogP contribution < -0.4 is 5.32 Å². The van der Waals surface area contributed by atoms with Gasteiger partial charge in [0.05, 0.1) is 0 Å². The van der Waals surface area contributed by atoms with Crippen LogP contribution in [0.4, 0.5) is 18.9 Å². The Hall–Kier alpha value is -1.97. The summed E-state index contributed by atoms with van der Waals surface area (Å²) >= 11 is 0. The van der Waals surface area contributed by atoms with Crippen LogP contribution in [-0.2, 0) is 0 Å². The summed E-state index contributed by atoms with van der Waals surface area (Å²) in [5.74, 6) is -2.11. The third-order valence-electron chi connectivity index (χ3n) is 3.02. The van der Waals surface area contributed by atoms with E-state index in [1.54, 1.807) is 13.0 Å². The van der Waals surface area contributed by atoms with Crippen molar-refractivity contribution >= 4 is 5.69 Å². The Bertz CT molecular complexity index is 596. The van der Waals surface area contributed by atoms with Gasteiger partial charge in [0.15, 0.2) is 11.6 Å². The zero-order chi connectivity index (χ0) is 14.0. The van der Waals surface area contributed by atoms with E-state index >= 15 is 0 Å². The highest BCUT2D eigenvalue weighted by Crippen LogP contribution is 2.23. The number of aryl methyl sites for hydroxylation is 1. The van der Waals surface area contributed by atoms with Crippen molar-refractivity contribution in [3.8, 4) is 0 Å². The maximum atomic E-state index is 13.2. The quantitative estimate of drug-likeness (QED) is 0.856. The van der Waals surface area contributed by atoms with E-state index in [4.69, 9.17) is 0 Å². The summed E-state index contributed by atoms with van der Waals surface area (Å²) in [6.07, 6.45) is 0. The Morgan fingerprint density at radius 3 is 2.37 bits per heavy atom. The molecule has 0 saturated heterocycles. The van der Waals surface area contributed by atoms with Crippen molar-refractivity contribution in [3.63, 3.8) is 0 Å². The second kappa shape index (κ2) is 5.34. The molecule has 0 aliphatic heterocycles. The molecule has 1 unspecified atom stereocenters. The molecule has 0 radical (unpaired) electrons. The van der Waals surface area contributed by atoms with Crippen molar-refractivity contribution in [3.05, 3.63) is 65.0 Å². The van der Waals surface area contributed by atoms with Gasteiger partial charge in [-0.2, -0.15) is 0 Å². The SMILES string of the molecule is Cc1ccc(F)cc1NC(C)c1ccc(F)c(F)c1. The first-order valence-electron chi connectivity index (χ1n) is 5.95. The van der Waals surface area contributed by atoms with Crippen LogP contribution in [0.2, 0.25) is 0 Å². The molecule has 0 aliphatic carbocycles. The highest BCUT2D eigenvalue weighted by atomic mass is 19.2. The highest BCUT2D eigenvalue weighted by Gasteiger charge is 2.10. The molecule has 1 nitrogen and oxygen atoms in total. The minimum absolute atomic E-state index is 0.254. The number of nitrogens with one attached hydrogen (secondary N) is 1. The van der Waals surface area contributed by atoms with Gasteiger partial charge in [-0.3, -0.25) is 0 Å². The number of rotatable bonds is 3. The lowest BCUT2D eigenvalue weighted by molar-refractivity contribution is 0.506. The molecular weight excluding hydrogens is 251 g/mol. The summed E-state index contributed by atoms with van der Waals surface area (Å²) in [6.45, 7) is 3.65. The maximum absolute atomic E-state index is 13.2. The second-order valence-corrected chi connectivity index (χ2v) is 4.50. The van der Waals surface area contributed by atoms with Gasteiger partial charge in [-0.05, 0) is 49.2 Å². The molecule has 0 aliphatic rings. The largest absolute Gasteiger partial charge is 0.378 e. The van der Waals surface area contributed by atoms with E-state index < -0.39 is 11.6 Å². The van der Waals surface area contributed by atoms with Crippen LogP contribution in [0, 0.1) is 24.4 Å². The lowest BCUT2D eigenvalue weighted by Gasteiger charge is -2.17. The molecule has 0 spiro atoms. The molecule has 0 aromatic heterocycles.